The van der Waals surface area contributed by atoms with Gasteiger partial charge in [0.2, 0.25) is 0 Å². The molecule has 0 atom stereocenters. The van der Waals surface area contributed by atoms with Crippen LogP contribution < -0.4 is 11.5 Å². The lowest BCUT2D eigenvalue weighted by molar-refractivity contribution is 1.08. The van der Waals surface area contributed by atoms with Crippen molar-refractivity contribution in [2.45, 2.75) is 31.6 Å². The van der Waals surface area contributed by atoms with Crippen molar-refractivity contribution >= 4 is 24.0 Å². The average molecular weight is 196 g/mol. The van der Waals surface area contributed by atoms with Crippen LogP contribution in [0.15, 0.2) is 11.0 Å². The summed E-state index contributed by atoms with van der Waals surface area (Å²) in [6.45, 7) is 4.13. The van der Waals surface area contributed by atoms with Gasteiger partial charge in [0.15, 0.2) is 0 Å². The van der Waals surface area contributed by atoms with E-state index < -0.39 is 0 Å². The summed E-state index contributed by atoms with van der Waals surface area (Å²) >= 11 is 4.31. The number of rotatable bonds is 2. The SMILES string of the molecule is CCc1cc(S)c(N)c(CC)c1N. The van der Waals surface area contributed by atoms with Crippen LogP contribution in [0.25, 0.3) is 0 Å². The zero-order valence-corrected chi connectivity index (χ0v) is 8.99. The van der Waals surface area contributed by atoms with E-state index in [-0.39, 0.29) is 0 Å². The van der Waals surface area contributed by atoms with Crippen molar-refractivity contribution in [3.05, 3.63) is 17.2 Å². The molecule has 0 aliphatic rings. The summed E-state index contributed by atoms with van der Waals surface area (Å²) in [5.41, 5.74) is 15.5. The number of hydrogen-bond donors (Lipinski definition) is 3. The highest BCUT2D eigenvalue weighted by Gasteiger charge is 2.09. The van der Waals surface area contributed by atoms with Crippen LogP contribution in [-0.2, 0) is 12.8 Å². The van der Waals surface area contributed by atoms with Crippen LogP contribution in [0.2, 0.25) is 0 Å². The van der Waals surface area contributed by atoms with E-state index in [4.69, 9.17) is 11.5 Å². The lowest BCUT2D eigenvalue weighted by Gasteiger charge is -2.13. The Hall–Kier alpha value is -0.830. The van der Waals surface area contributed by atoms with E-state index in [1.807, 2.05) is 6.07 Å². The first kappa shape index (κ1) is 10.3. The Kier molecular flexibility index (Phi) is 3.09. The van der Waals surface area contributed by atoms with E-state index in [0.717, 1.165) is 40.2 Å². The number of hydrogen-bond acceptors (Lipinski definition) is 3. The van der Waals surface area contributed by atoms with Gasteiger partial charge >= 0.3 is 0 Å². The van der Waals surface area contributed by atoms with Crippen molar-refractivity contribution < 1.29 is 0 Å². The van der Waals surface area contributed by atoms with E-state index in [9.17, 15) is 0 Å². The summed E-state index contributed by atoms with van der Waals surface area (Å²) < 4.78 is 0. The topological polar surface area (TPSA) is 52.0 Å². The fourth-order valence-electron chi connectivity index (χ4n) is 1.49. The molecule has 0 bridgehead atoms. The Labute approximate surface area is 84.7 Å². The third kappa shape index (κ3) is 1.75. The summed E-state index contributed by atoms with van der Waals surface area (Å²) in [7, 11) is 0. The van der Waals surface area contributed by atoms with E-state index in [2.05, 4.69) is 26.5 Å². The molecule has 72 valence electrons. The second-order valence-corrected chi connectivity index (χ2v) is 3.55. The van der Waals surface area contributed by atoms with Gasteiger partial charge in [-0.2, -0.15) is 0 Å². The zero-order chi connectivity index (χ0) is 10.0. The van der Waals surface area contributed by atoms with Gasteiger partial charge in [-0.25, -0.2) is 0 Å². The molecule has 0 saturated heterocycles. The second kappa shape index (κ2) is 3.92. The quantitative estimate of drug-likeness (QED) is 0.502. The second-order valence-electron chi connectivity index (χ2n) is 3.07. The molecule has 0 aliphatic heterocycles. The fraction of sp³-hybridized carbons (Fsp3) is 0.400. The molecule has 4 N–H and O–H groups in total. The van der Waals surface area contributed by atoms with E-state index >= 15 is 0 Å². The van der Waals surface area contributed by atoms with Gasteiger partial charge in [-0.05, 0) is 30.0 Å². The lowest BCUT2D eigenvalue weighted by Crippen LogP contribution is -2.04. The molecule has 3 heteroatoms. The summed E-state index contributed by atoms with van der Waals surface area (Å²) in [5, 5.41) is 0. The van der Waals surface area contributed by atoms with Crippen LogP contribution in [0.4, 0.5) is 11.4 Å². The number of thiol groups is 1. The van der Waals surface area contributed by atoms with Gasteiger partial charge in [0.05, 0.1) is 5.69 Å². The molecule has 0 heterocycles. The molecule has 0 aliphatic carbocycles. The van der Waals surface area contributed by atoms with Crippen molar-refractivity contribution in [1.82, 2.24) is 0 Å². The Morgan fingerprint density at radius 3 is 2.23 bits per heavy atom. The minimum atomic E-state index is 0.723. The monoisotopic (exact) mass is 196 g/mol. The molecular formula is C10H16N2S. The molecule has 0 fully saturated rings. The minimum Gasteiger partial charge on any atom is -0.398 e. The number of benzene rings is 1. The predicted octanol–water partition coefficient (Wildman–Crippen LogP) is 2.26. The molecule has 0 spiro atoms. The molecule has 0 unspecified atom stereocenters. The predicted molar refractivity (Wildman–Crippen MR) is 61.3 cm³/mol. The third-order valence-electron chi connectivity index (χ3n) is 2.32. The number of aryl methyl sites for hydroxylation is 1. The van der Waals surface area contributed by atoms with Crippen LogP contribution in [0.1, 0.15) is 25.0 Å². The van der Waals surface area contributed by atoms with Gasteiger partial charge in [-0.3, -0.25) is 0 Å². The smallest absolute Gasteiger partial charge is 0.0502 e. The third-order valence-corrected chi connectivity index (χ3v) is 2.69. The van der Waals surface area contributed by atoms with Crippen molar-refractivity contribution in [2.75, 3.05) is 11.5 Å². The molecule has 1 aromatic carbocycles. The summed E-state index contributed by atoms with van der Waals surface area (Å²) in [6, 6.07) is 1.95. The van der Waals surface area contributed by atoms with E-state index in [1.165, 1.54) is 0 Å². The van der Waals surface area contributed by atoms with E-state index in [0.29, 0.717) is 0 Å². The summed E-state index contributed by atoms with van der Waals surface area (Å²) in [5.74, 6) is 0. The fourth-order valence-corrected chi connectivity index (χ4v) is 1.78. The largest absolute Gasteiger partial charge is 0.398 e. The molecule has 0 aromatic heterocycles. The molecule has 1 aromatic rings. The maximum atomic E-state index is 5.96. The number of anilines is 2. The van der Waals surface area contributed by atoms with Crippen LogP contribution >= 0.6 is 12.6 Å². The van der Waals surface area contributed by atoms with Crippen LogP contribution in [0.5, 0.6) is 0 Å². The molecule has 13 heavy (non-hydrogen) atoms. The molecule has 0 amide bonds. The molecule has 1 rings (SSSR count). The summed E-state index contributed by atoms with van der Waals surface area (Å²) in [6.07, 6.45) is 1.78. The standard InChI is InChI=1S/C10H16N2S/c1-3-6-5-8(13)10(12)7(4-2)9(6)11/h5,13H,3-4,11-12H2,1-2H3. The van der Waals surface area contributed by atoms with Crippen molar-refractivity contribution in [2.24, 2.45) is 0 Å². The van der Waals surface area contributed by atoms with Gasteiger partial charge in [0.25, 0.3) is 0 Å². The van der Waals surface area contributed by atoms with Gasteiger partial charge in [0.1, 0.15) is 0 Å². The van der Waals surface area contributed by atoms with Gasteiger partial charge in [-0.15, -0.1) is 12.6 Å². The van der Waals surface area contributed by atoms with Crippen LogP contribution in [0, 0.1) is 0 Å². The van der Waals surface area contributed by atoms with Crippen molar-refractivity contribution in [3.8, 4) is 0 Å². The minimum absolute atomic E-state index is 0.723. The number of nitrogen functional groups attached to an aromatic ring is 2. The Balaban J connectivity index is 3.39. The molecular weight excluding hydrogens is 180 g/mol. The lowest BCUT2D eigenvalue weighted by atomic mass is 10.0. The first-order valence-electron chi connectivity index (χ1n) is 4.50. The van der Waals surface area contributed by atoms with Crippen molar-refractivity contribution in [1.29, 1.82) is 0 Å². The summed E-state index contributed by atoms with van der Waals surface area (Å²) in [4.78, 5) is 0.836. The van der Waals surface area contributed by atoms with Gasteiger partial charge < -0.3 is 11.5 Å². The number of nitrogens with two attached hydrogens (primary N) is 2. The van der Waals surface area contributed by atoms with Crippen molar-refractivity contribution in [3.63, 3.8) is 0 Å². The van der Waals surface area contributed by atoms with E-state index in [1.54, 1.807) is 0 Å². The van der Waals surface area contributed by atoms with Crippen LogP contribution in [0.3, 0.4) is 0 Å². The Morgan fingerprint density at radius 2 is 1.77 bits per heavy atom. The highest BCUT2D eigenvalue weighted by atomic mass is 32.1. The average Bonchev–Trinajstić information content (AvgIpc) is 2.12. The molecule has 2 nitrogen and oxygen atoms in total. The highest BCUT2D eigenvalue weighted by Crippen LogP contribution is 2.30. The Morgan fingerprint density at radius 1 is 1.15 bits per heavy atom. The molecule has 0 radical (unpaired) electrons. The zero-order valence-electron chi connectivity index (χ0n) is 8.09. The normalized spacial score (nSPS) is 10.4. The first-order chi connectivity index (χ1) is 6.11. The molecule has 0 saturated carbocycles. The Bertz CT molecular complexity index is 321. The first-order valence-corrected chi connectivity index (χ1v) is 4.95. The van der Waals surface area contributed by atoms with Crippen LogP contribution in [-0.4, -0.2) is 0 Å². The van der Waals surface area contributed by atoms with Gasteiger partial charge in [0, 0.05) is 10.6 Å². The van der Waals surface area contributed by atoms with Gasteiger partial charge in [-0.1, -0.05) is 13.8 Å². The maximum Gasteiger partial charge on any atom is 0.0502 e. The highest BCUT2D eigenvalue weighted by molar-refractivity contribution is 7.80. The maximum absolute atomic E-state index is 5.96.